The van der Waals surface area contributed by atoms with Crippen molar-refractivity contribution in [2.75, 3.05) is 25.0 Å². The fourth-order valence-electron chi connectivity index (χ4n) is 2.12. The molecule has 0 aliphatic rings. The Hall–Kier alpha value is -1.93. The predicted molar refractivity (Wildman–Crippen MR) is 92.2 cm³/mol. The average molecular weight is 382 g/mol. The van der Waals surface area contributed by atoms with E-state index in [4.69, 9.17) is 0 Å². The van der Waals surface area contributed by atoms with E-state index in [1.54, 1.807) is 0 Å². The molecule has 8 heteroatoms. The summed E-state index contributed by atoms with van der Waals surface area (Å²) in [5.41, 5.74) is 0.680. The SMILES string of the molecule is CCN(CC)CCn1nc(Nc2ccc(Br)cc2)c(C(=O)O)n1. The smallest absolute Gasteiger partial charge is 0.360 e. The van der Waals surface area contributed by atoms with Gasteiger partial charge in [0.05, 0.1) is 6.54 Å². The lowest BCUT2D eigenvalue weighted by Crippen LogP contribution is -2.27. The molecule has 0 radical (unpaired) electrons. The second kappa shape index (κ2) is 8.07. The second-order valence-corrected chi connectivity index (χ2v) is 5.87. The maximum Gasteiger partial charge on any atom is 0.360 e. The molecule has 0 aliphatic heterocycles. The molecular weight excluding hydrogens is 362 g/mol. The van der Waals surface area contributed by atoms with E-state index in [9.17, 15) is 9.90 Å². The molecule has 0 saturated heterocycles. The molecule has 0 atom stereocenters. The van der Waals surface area contributed by atoms with Crippen LogP contribution in [0.2, 0.25) is 0 Å². The summed E-state index contributed by atoms with van der Waals surface area (Å²) in [4.78, 5) is 15.0. The van der Waals surface area contributed by atoms with E-state index in [1.165, 1.54) is 4.80 Å². The number of rotatable bonds is 8. The van der Waals surface area contributed by atoms with Crippen LogP contribution in [0.1, 0.15) is 24.3 Å². The largest absolute Gasteiger partial charge is 0.476 e. The van der Waals surface area contributed by atoms with E-state index in [0.717, 1.165) is 29.8 Å². The van der Waals surface area contributed by atoms with Gasteiger partial charge >= 0.3 is 5.97 Å². The third-order valence-corrected chi connectivity index (χ3v) is 4.00. The van der Waals surface area contributed by atoms with Gasteiger partial charge in [-0.05, 0) is 37.4 Å². The zero-order valence-electron chi connectivity index (χ0n) is 13.2. The molecule has 1 aromatic carbocycles. The Balaban J connectivity index is 2.14. The van der Waals surface area contributed by atoms with Crippen LogP contribution < -0.4 is 5.32 Å². The minimum absolute atomic E-state index is 0.0764. The summed E-state index contributed by atoms with van der Waals surface area (Å²) < 4.78 is 0.949. The first-order valence-electron chi connectivity index (χ1n) is 7.46. The van der Waals surface area contributed by atoms with Crippen molar-refractivity contribution in [3.8, 4) is 0 Å². The number of hydrogen-bond acceptors (Lipinski definition) is 5. The lowest BCUT2D eigenvalue weighted by atomic mass is 10.3. The molecule has 2 aromatic rings. The van der Waals surface area contributed by atoms with Gasteiger partial charge in [-0.15, -0.1) is 10.2 Å². The van der Waals surface area contributed by atoms with Gasteiger partial charge < -0.3 is 15.3 Å². The number of halogens is 1. The number of carbonyl (C=O) groups is 1. The second-order valence-electron chi connectivity index (χ2n) is 4.96. The van der Waals surface area contributed by atoms with Gasteiger partial charge in [-0.2, -0.15) is 4.80 Å². The number of nitrogens with zero attached hydrogens (tertiary/aromatic N) is 4. The molecule has 0 saturated carbocycles. The number of likely N-dealkylation sites (N-methyl/N-ethyl adjacent to an activating group) is 1. The Morgan fingerprint density at radius 1 is 1.26 bits per heavy atom. The molecule has 2 rings (SSSR count). The van der Waals surface area contributed by atoms with Crippen LogP contribution in [0, 0.1) is 0 Å². The monoisotopic (exact) mass is 381 g/mol. The van der Waals surface area contributed by atoms with Crippen LogP contribution in [-0.2, 0) is 6.54 Å². The van der Waals surface area contributed by atoms with Crippen molar-refractivity contribution in [3.05, 3.63) is 34.4 Å². The van der Waals surface area contributed by atoms with Crippen LogP contribution in [0.25, 0.3) is 0 Å². The number of aromatic nitrogens is 3. The van der Waals surface area contributed by atoms with Gasteiger partial charge in [0.2, 0.25) is 5.69 Å². The molecule has 124 valence electrons. The molecule has 2 N–H and O–H groups in total. The first kappa shape index (κ1) is 17.4. The number of anilines is 2. The molecule has 0 unspecified atom stereocenters. The minimum atomic E-state index is -1.10. The van der Waals surface area contributed by atoms with Crippen LogP contribution in [0.4, 0.5) is 11.5 Å². The van der Waals surface area contributed by atoms with E-state index in [1.807, 2.05) is 24.3 Å². The Bertz CT molecular complexity index is 652. The molecular formula is C15H20BrN5O2. The molecule has 0 aliphatic carbocycles. The third-order valence-electron chi connectivity index (χ3n) is 3.48. The van der Waals surface area contributed by atoms with E-state index < -0.39 is 5.97 Å². The molecule has 0 spiro atoms. The normalized spacial score (nSPS) is 11.0. The lowest BCUT2D eigenvalue weighted by Gasteiger charge is -2.16. The maximum atomic E-state index is 11.4. The Morgan fingerprint density at radius 2 is 1.91 bits per heavy atom. The highest BCUT2D eigenvalue weighted by molar-refractivity contribution is 9.10. The summed E-state index contributed by atoms with van der Waals surface area (Å²) in [5.74, 6) is -0.849. The van der Waals surface area contributed by atoms with E-state index in [2.05, 4.69) is 50.2 Å². The summed E-state index contributed by atoms with van der Waals surface area (Å²) in [6.45, 7) is 7.37. The highest BCUT2D eigenvalue weighted by atomic mass is 79.9. The number of benzene rings is 1. The number of carboxylic acid groups (broad SMARTS) is 1. The zero-order valence-corrected chi connectivity index (χ0v) is 14.7. The highest BCUT2D eigenvalue weighted by Gasteiger charge is 2.18. The van der Waals surface area contributed by atoms with Crippen molar-refractivity contribution in [2.24, 2.45) is 0 Å². The zero-order chi connectivity index (χ0) is 16.8. The topological polar surface area (TPSA) is 83.3 Å². The number of carboxylic acids is 1. The molecule has 1 heterocycles. The molecule has 0 fully saturated rings. The number of hydrogen-bond donors (Lipinski definition) is 2. The fraction of sp³-hybridized carbons (Fsp3) is 0.400. The van der Waals surface area contributed by atoms with Gasteiger partial charge in [0.1, 0.15) is 0 Å². The highest BCUT2D eigenvalue weighted by Crippen LogP contribution is 2.20. The summed E-state index contributed by atoms with van der Waals surface area (Å²) in [6, 6.07) is 7.41. The molecule has 0 amide bonds. The molecule has 0 bridgehead atoms. The van der Waals surface area contributed by atoms with Gasteiger partial charge in [0, 0.05) is 16.7 Å². The summed E-state index contributed by atoms with van der Waals surface area (Å²) in [5, 5.41) is 20.6. The standard InChI is InChI=1S/C15H20BrN5O2/c1-3-20(4-2)9-10-21-18-13(15(22)23)14(19-21)17-12-7-5-11(16)6-8-12/h5-8H,3-4,9-10H2,1-2H3,(H,17,19)(H,22,23). The average Bonchev–Trinajstić information content (AvgIpc) is 2.94. The van der Waals surface area contributed by atoms with Crippen LogP contribution in [0.5, 0.6) is 0 Å². The Kier molecular flexibility index (Phi) is 6.12. The third kappa shape index (κ3) is 4.77. The van der Waals surface area contributed by atoms with Crippen molar-refractivity contribution < 1.29 is 9.90 Å². The Morgan fingerprint density at radius 3 is 2.48 bits per heavy atom. The van der Waals surface area contributed by atoms with E-state index in [0.29, 0.717) is 6.54 Å². The minimum Gasteiger partial charge on any atom is -0.476 e. The van der Waals surface area contributed by atoms with Gasteiger partial charge in [-0.1, -0.05) is 29.8 Å². The van der Waals surface area contributed by atoms with Gasteiger partial charge in [-0.25, -0.2) is 4.79 Å². The van der Waals surface area contributed by atoms with Crippen LogP contribution >= 0.6 is 15.9 Å². The maximum absolute atomic E-state index is 11.4. The number of nitrogens with one attached hydrogen (secondary N) is 1. The first-order valence-corrected chi connectivity index (χ1v) is 8.26. The molecule has 23 heavy (non-hydrogen) atoms. The van der Waals surface area contributed by atoms with E-state index in [-0.39, 0.29) is 11.5 Å². The van der Waals surface area contributed by atoms with Crippen molar-refractivity contribution in [1.82, 2.24) is 19.9 Å². The van der Waals surface area contributed by atoms with Gasteiger partial charge in [0.25, 0.3) is 0 Å². The van der Waals surface area contributed by atoms with Crippen molar-refractivity contribution in [2.45, 2.75) is 20.4 Å². The lowest BCUT2D eigenvalue weighted by molar-refractivity contribution is 0.0690. The van der Waals surface area contributed by atoms with Crippen LogP contribution in [0.3, 0.4) is 0 Å². The first-order chi connectivity index (χ1) is 11.0. The summed E-state index contributed by atoms with van der Waals surface area (Å²) in [7, 11) is 0. The van der Waals surface area contributed by atoms with E-state index >= 15 is 0 Å². The van der Waals surface area contributed by atoms with Crippen molar-refractivity contribution in [3.63, 3.8) is 0 Å². The number of aromatic carboxylic acids is 1. The molecule has 1 aromatic heterocycles. The Labute approximate surface area is 143 Å². The molecule has 7 nitrogen and oxygen atoms in total. The predicted octanol–water partition coefficient (Wildman–Crippen LogP) is 2.82. The summed E-state index contributed by atoms with van der Waals surface area (Å²) >= 11 is 3.36. The quantitative estimate of drug-likeness (QED) is 0.731. The van der Waals surface area contributed by atoms with Gasteiger partial charge in [-0.3, -0.25) is 0 Å². The van der Waals surface area contributed by atoms with Gasteiger partial charge in [0.15, 0.2) is 5.82 Å². The van der Waals surface area contributed by atoms with Crippen LogP contribution in [0.15, 0.2) is 28.7 Å². The van der Waals surface area contributed by atoms with Crippen molar-refractivity contribution >= 4 is 33.4 Å². The summed E-state index contributed by atoms with van der Waals surface area (Å²) in [6.07, 6.45) is 0. The fourth-order valence-corrected chi connectivity index (χ4v) is 2.38. The van der Waals surface area contributed by atoms with Crippen molar-refractivity contribution in [1.29, 1.82) is 0 Å². The van der Waals surface area contributed by atoms with Crippen LogP contribution in [-0.4, -0.2) is 50.6 Å².